The molecule has 0 aliphatic rings. The van der Waals surface area contributed by atoms with Crippen molar-refractivity contribution in [2.24, 2.45) is 0 Å². The number of hydrogen-bond acceptors (Lipinski definition) is 3. The zero-order valence-corrected chi connectivity index (χ0v) is 10.0. The molecule has 0 saturated carbocycles. The van der Waals surface area contributed by atoms with Crippen molar-refractivity contribution in [3.63, 3.8) is 0 Å². The summed E-state index contributed by atoms with van der Waals surface area (Å²) in [5.41, 5.74) is 0. The molecule has 0 unspecified atom stereocenters. The Kier molecular flexibility index (Phi) is 3.14. The highest BCUT2D eigenvalue weighted by Gasteiger charge is 2.02. The molecule has 3 nitrogen and oxygen atoms in total. The highest BCUT2D eigenvalue weighted by atomic mass is 79.9. The first-order valence-corrected chi connectivity index (χ1v) is 5.36. The quantitative estimate of drug-likeness (QED) is 0.846. The van der Waals surface area contributed by atoms with Crippen LogP contribution in [-0.4, -0.2) is 9.97 Å². The molecule has 1 aromatic heterocycles. The fourth-order valence-electron chi connectivity index (χ4n) is 1.20. The van der Waals surface area contributed by atoms with E-state index in [1.807, 2.05) is 0 Å². The Labute approximate surface area is 100 Å². The molecule has 0 aliphatic carbocycles. The third-order valence-corrected chi connectivity index (χ3v) is 2.27. The zero-order valence-electron chi connectivity index (χ0n) is 8.45. The van der Waals surface area contributed by atoms with Crippen LogP contribution in [0.5, 0.6) is 11.6 Å². The van der Waals surface area contributed by atoms with Crippen molar-refractivity contribution >= 4 is 15.9 Å². The largest absolute Gasteiger partial charge is 0.439 e. The monoisotopic (exact) mass is 282 g/mol. The van der Waals surface area contributed by atoms with Crippen LogP contribution in [0.15, 0.2) is 34.9 Å². The summed E-state index contributed by atoms with van der Waals surface area (Å²) in [7, 11) is 0. The Hall–Kier alpha value is -1.49. The van der Waals surface area contributed by atoms with Crippen molar-refractivity contribution < 1.29 is 9.13 Å². The number of hydrogen-bond donors (Lipinski definition) is 0. The molecule has 2 aromatic rings. The fraction of sp³-hybridized carbons (Fsp3) is 0.0909. The van der Waals surface area contributed by atoms with Crippen LogP contribution in [0.2, 0.25) is 0 Å². The van der Waals surface area contributed by atoms with Crippen molar-refractivity contribution in [3.05, 3.63) is 46.6 Å². The predicted molar refractivity (Wildman–Crippen MR) is 60.9 cm³/mol. The second-order valence-electron chi connectivity index (χ2n) is 3.15. The normalized spacial score (nSPS) is 10.2. The van der Waals surface area contributed by atoms with Gasteiger partial charge >= 0.3 is 0 Å². The fourth-order valence-corrected chi connectivity index (χ4v) is 1.64. The third-order valence-electron chi connectivity index (χ3n) is 1.81. The van der Waals surface area contributed by atoms with Crippen molar-refractivity contribution in [1.82, 2.24) is 9.97 Å². The van der Waals surface area contributed by atoms with Crippen LogP contribution < -0.4 is 4.74 Å². The van der Waals surface area contributed by atoms with Crippen LogP contribution in [0.1, 0.15) is 5.82 Å². The van der Waals surface area contributed by atoms with E-state index in [1.54, 1.807) is 25.3 Å². The number of nitrogens with zero attached hydrogens (tertiary/aromatic N) is 2. The van der Waals surface area contributed by atoms with Gasteiger partial charge in [0, 0.05) is 22.8 Å². The Morgan fingerprint density at radius 3 is 2.81 bits per heavy atom. The second-order valence-corrected chi connectivity index (χ2v) is 4.06. The molecule has 2 rings (SSSR count). The van der Waals surface area contributed by atoms with Crippen LogP contribution in [0.25, 0.3) is 0 Å². The average molecular weight is 283 g/mol. The van der Waals surface area contributed by atoms with Gasteiger partial charge in [0.15, 0.2) is 0 Å². The highest BCUT2D eigenvalue weighted by molar-refractivity contribution is 9.10. The minimum Gasteiger partial charge on any atom is -0.439 e. The van der Waals surface area contributed by atoms with Gasteiger partial charge in [0.2, 0.25) is 5.88 Å². The van der Waals surface area contributed by atoms with Crippen molar-refractivity contribution in [2.45, 2.75) is 6.92 Å². The van der Waals surface area contributed by atoms with E-state index in [0.717, 1.165) is 0 Å². The third kappa shape index (κ3) is 2.76. The summed E-state index contributed by atoms with van der Waals surface area (Å²) >= 11 is 3.19. The molecule has 1 heterocycles. The van der Waals surface area contributed by atoms with E-state index < -0.39 is 0 Å². The lowest BCUT2D eigenvalue weighted by Crippen LogP contribution is -1.92. The molecule has 16 heavy (non-hydrogen) atoms. The van der Waals surface area contributed by atoms with E-state index in [-0.39, 0.29) is 5.82 Å². The van der Waals surface area contributed by atoms with Crippen LogP contribution in [0, 0.1) is 12.7 Å². The lowest BCUT2D eigenvalue weighted by atomic mass is 10.3. The van der Waals surface area contributed by atoms with Gasteiger partial charge in [-0.2, -0.15) is 4.98 Å². The van der Waals surface area contributed by atoms with Crippen LogP contribution in [0.3, 0.4) is 0 Å². The van der Waals surface area contributed by atoms with Gasteiger partial charge in [-0.25, -0.2) is 9.37 Å². The summed E-state index contributed by atoms with van der Waals surface area (Å²) in [5, 5.41) is 0. The number of rotatable bonds is 2. The standard InChI is InChI=1S/C11H8BrFN2O/c1-7-14-3-2-11(15-7)16-10-5-8(12)4-9(13)6-10/h2-6H,1H3. The van der Waals surface area contributed by atoms with E-state index in [0.29, 0.717) is 21.9 Å². The SMILES string of the molecule is Cc1nccc(Oc2cc(F)cc(Br)c2)n1. The summed E-state index contributed by atoms with van der Waals surface area (Å²) in [5.74, 6) is 1.03. The summed E-state index contributed by atoms with van der Waals surface area (Å²) in [6.45, 7) is 1.76. The average Bonchev–Trinajstić information content (AvgIpc) is 2.15. The van der Waals surface area contributed by atoms with Gasteiger partial charge in [-0.15, -0.1) is 0 Å². The maximum atomic E-state index is 13.1. The van der Waals surface area contributed by atoms with E-state index >= 15 is 0 Å². The molecule has 0 spiro atoms. The zero-order chi connectivity index (χ0) is 11.5. The Morgan fingerprint density at radius 2 is 2.12 bits per heavy atom. The topological polar surface area (TPSA) is 35.0 Å². The number of aryl methyl sites for hydroxylation is 1. The van der Waals surface area contributed by atoms with Gasteiger partial charge in [-0.3, -0.25) is 0 Å². The van der Waals surface area contributed by atoms with Gasteiger partial charge in [0.1, 0.15) is 17.4 Å². The van der Waals surface area contributed by atoms with Gasteiger partial charge in [-0.05, 0) is 19.1 Å². The Balaban J connectivity index is 2.27. The molecule has 0 saturated heterocycles. The van der Waals surface area contributed by atoms with Crippen molar-refractivity contribution in [3.8, 4) is 11.6 Å². The maximum absolute atomic E-state index is 13.1. The maximum Gasteiger partial charge on any atom is 0.222 e. The molecule has 5 heteroatoms. The minimum atomic E-state index is -0.366. The first kappa shape index (κ1) is 11.0. The van der Waals surface area contributed by atoms with Crippen LogP contribution in [-0.2, 0) is 0 Å². The number of ether oxygens (including phenoxy) is 1. The van der Waals surface area contributed by atoms with Crippen LogP contribution >= 0.6 is 15.9 Å². The molecular formula is C11H8BrFN2O. The summed E-state index contributed by atoms with van der Waals surface area (Å²) in [6, 6.07) is 5.94. The van der Waals surface area contributed by atoms with Crippen molar-refractivity contribution in [1.29, 1.82) is 0 Å². The molecule has 1 aromatic carbocycles. The highest BCUT2D eigenvalue weighted by Crippen LogP contribution is 2.24. The van der Waals surface area contributed by atoms with Gasteiger partial charge in [0.25, 0.3) is 0 Å². The van der Waals surface area contributed by atoms with E-state index in [9.17, 15) is 4.39 Å². The van der Waals surface area contributed by atoms with Gasteiger partial charge in [0.05, 0.1) is 0 Å². The van der Waals surface area contributed by atoms with E-state index in [1.165, 1.54) is 12.1 Å². The molecule has 0 N–H and O–H groups in total. The number of aromatic nitrogens is 2. The first-order chi connectivity index (χ1) is 7.63. The predicted octanol–water partition coefficient (Wildman–Crippen LogP) is 3.48. The van der Waals surface area contributed by atoms with Gasteiger partial charge < -0.3 is 4.74 Å². The van der Waals surface area contributed by atoms with E-state index in [2.05, 4.69) is 25.9 Å². The first-order valence-electron chi connectivity index (χ1n) is 4.57. The molecule has 0 radical (unpaired) electrons. The lowest BCUT2D eigenvalue weighted by molar-refractivity contribution is 0.454. The van der Waals surface area contributed by atoms with Crippen molar-refractivity contribution in [2.75, 3.05) is 0 Å². The van der Waals surface area contributed by atoms with E-state index in [4.69, 9.17) is 4.74 Å². The Bertz CT molecular complexity index is 499. The summed E-state index contributed by atoms with van der Waals surface area (Å²) < 4.78 is 19.1. The minimum absolute atomic E-state index is 0.366. The molecule has 0 amide bonds. The molecule has 0 atom stereocenters. The number of benzene rings is 1. The Morgan fingerprint density at radius 1 is 1.31 bits per heavy atom. The number of halogens is 2. The molecule has 0 aliphatic heterocycles. The second kappa shape index (κ2) is 4.57. The molecule has 82 valence electrons. The summed E-state index contributed by atoms with van der Waals surface area (Å²) in [6.07, 6.45) is 1.59. The molecular weight excluding hydrogens is 275 g/mol. The molecule has 0 fully saturated rings. The molecule has 0 bridgehead atoms. The van der Waals surface area contributed by atoms with Crippen LogP contribution in [0.4, 0.5) is 4.39 Å². The smallest absolute Gasteiger partial charge is 0.222 e. The lowest BCUT2D eigenvalue weighted by Gasteiger charge is -2.05. The van der Waals surface area contributed by atoms with Gasteiger partial charge in [-0.1, -0.05) is 15.9 Å². The summed E-state index contributed by atoms with van der Waals surface area (Å²) in [4.78, 5) is 8.00.